The molecule has 0 saturated carbocycles. The van der Waals surface area contributed by atoms with E-state index < -0.39 is 24.1 Å². The van der Waals surface area contributed by atoms with Crippen LogP contribution in [0.3, 0.4) is 0 Å². The van der Waals surface area contributed by atoms with E-state index >= 15 is 0 Å². The number of hydrogen-bond donors (Lipinski definition) is 2. The fourth-order valence-corrected chi connectivity index (χ4v) is 5.12. The highest BCUT2D eigenvalue weighted by atomic mass is 16.6. The molecule has 4 rings (SSSR count). The second-order valence-corrected chi connectivity index (χ2v) is 10.8. The van der Waals surface area contributed by atoms with Crippen LogP contribution in [-0.2, 0) is 30.9 Å². The van der Waals surface area contributed by atoms with Gasteiger partial charge in [0, 0.05) is 16.6 Å². The predicted octanol–water partition coefficient (Wildman–Crippen LogP) is 4.69. The number of benzene rings is 3. The molecule has 0 aromatic heterocycles. The van der Waals surface area contributed by atoms with E-state index in [-0.39, 0.29) is 43.0 Å². The molecule has 0 saturated heterocycles. The molecule has 3 aromatic rings. The second-order valence-electron chi connectivity index (χ2n) is 10.8. The summed E-state index contributed by atoms with van der Waals surface area (Å²) in [6.07, 6.45) is -0.128. The Labute approximate surface area is 252 Å². The van der Waals surface area contributed by atoms with Crippen LogP contribution in [0.1, 0.15) is 42.5 Å². The summed E-state index contributed by atoms with van der Waals surface area (Å²) in [6.45, 7) is 9.74. The van der Waals surface area contributed by atoms with Gasteiger partial charge in [0.1, 0.15) is 50.1 Å². The maximum absolute atomic E-state index is 11.6. The largest absolute Gasteiger partial charge is 0.491 e. The van der Waals surface area contributed by atoms with Gasteiger partial charge in [-0.3, -0.25) is 0 Å². The third-order valence-electron chi connectivity index (χ3n) is 7.34. The van der Waals surface area contributed by atoms with Gasteiger partial charge >= 0.3 is 11.9 Å². The quantitative estimate of drug-likeness (QED) is 0.207. The molecule has 0 heterocycles. The third-order valence-corrected chi connectivity index (χ3v) is 7.34. The number of ether oxygens (including phenoxy) is 4. The molecule has 0 aliphatic heterocycles. The Kier molecular flexibility index (Phi) is 10.4. The van der Waals surface area contributed by atoms with Gasteiger partial charge in [0.05, 0.1) is 0 Å². The zero-order valence-corrected chi connectivity index (χ0v) is 24.6. The summed E-state index contributed by atoms with van der Waals surface area (Å²) < 4.78 is 21.5. The second kappa shape index (κ2) is 14.2. The van der Waals surface area contributed by atoms with Crippen LogP contribution >= 0.6 is 0 Å². The maximum atomic E-state index is 11.6. The van der Waals surface area contributed by atoms with E-state index in [0.717, 1.165) is 24.0 Å². The molecule has 0 amide bonds. The van der Waals surface area contributed by atoms with Crippen molar-refractivity contribution in [2.24, 2.45) is 0 Å². The Balaban J connectivity index is 1.46. The standard InChI is InChI=1S/C35H38O8/c1-23(2)33(38)42-21-28(36)19-40-30-13-9-26(10-14-30)35(18-17-25-7-5-6-8-32(25)35)27-11-15-31(16-12-27)41-20-29(37)22-43-34(39)24(3)4/h5-16,28-29,36-37H,1,3,17-22H2,2,4H3. The van der Waals surface area contributed by atoms with E-state index in [1.165, 1.54) is 11.1 Å². The van der Waals surface area contributed by atoms with Gasteiger partial charge in [-0.15, -0.1) is 0 Å². The average molecular weight is 587 g/mol. The van der Waals surface area contributed by atoms with Crippen LogP contribution in [0, 0.1) is 0 Å². The molecular weight excluding hydrogens is 548 g/mol. The lowest BCUT2D eigenvalue weighted by molar-refractivity contribution is -0.143. The number of aryl methyl sites for hydroxylation is 1. The number of carbonyl (C=O) groups excluding carboxylic acids is 2. The van der Waals surface area contributed by atoms with Gasteiger partial charge in [-0.05, 0) is 73.2 Å². The van der Waals surface area contributed by atoms with E-state index in [2.05, 4.69) is 37.4 Å². The SMILES string of the molecule is C=C(C)C(=O)OCC(O)COc1ccc(C2(c3ccc(OCC(O)COC(=O)C(=C)C)cc3)CCc3ccccc32)cc1. The number of hydrogen-bond acceptors (Lipinski definition) is 8. The third kappa shape index (κ3) is 7.71. The molecule has 3 aromatic carbocycles. The Bertz CT molecular complexity index is 1360. The van der Waals surface area contributed by atoms with Gasteiger partial charge in [-0.2, -0.15) is 0 Å². The Morgan fingerprint density at radius 2 is 1.16 bits per heavy atom. The van der Waals surface area contributed by atoms with Crippen molar-refractivity contribution in [1.29, 1.82) is 0 Å². The van der Waals surface area contributed by atoms with E-state index in [1.54, 1.807) is 13.8 Å². The van der Waals surface area contributed by atoms with Gasteiger partial charge in [0.15, 0.2) is 0 Å². The number of aliphatic hydroxyl groups is 2. The van der Waals surface area contributed by atoms with Gasteiger partial charge in [0.25, 0.3) is 0 Å². The minimum atomic E-state index is -0.968. The highest BCUT2D eigenvalue weighted by Crippen LogP contribution is 2.49. The van der Waals surface area contributed by atoms with Crippen LogP contribution in [-0.4, -0.2) is 60.8 Å². The van der Waals surface area contributed by atoms with Crippen molar-refractivity contribution in [2.75, 3.05) is 26.4 Å². The Morgan fingerprint density at radius 1 is 0.721 bits per heavy atom. The first-order valence-corrected chi connectivity index (χ1v) is 14.2. The maximum Gasteiger partial charge on any atom is 0.333 e. The van der Waals surface area contributed by atoms with E-state index in [4.69, 9.17) is 18.9 Å². The molecule has 8 heteroatoms. The summed E-state index contributed by atoms with van der Waals surface area (Å²) in [7, 11) is 0. The molecule has 2 unspecified atom stereocenters. The molecule has 0 bridgehead atoms. The molecule has 1 aliphatic carbocycles. The predicted molar refractivity (Wildman–Crippen MR) is 162 cm³/mol. The van der Waals surface area contributed by atoms with Gasteiger partial charge in [0.2, 0.25) is 0 Å². The van der Waals surface area contributed by atoms with Crippen molar-refractivity contribution < 1.29 is 38.7 Å². The first-order valence-electron chi connectivity index (χ1n) is 14.2. The van der Waals surface area contributed by atoms with Crippen molar-refractivity contribution in [1.82, 2.24) is 0 Å². The summed E-state index contributed by atoms with van der Waals surface area (Å²) in [5, 5.41) is 20.3. The van der Waals surface area contributed by atoms with Crippen LogP contribution in [0.25, 0.3) is 0 Å². The van der Waals surface area contributed by atoms with Crippen molar-refractivity contribution in [3.63, 3.8) is 0 Å². The fraction of sp³-hybridized carbons (Fsp3) is 0.314. The molecule has 0 radical (unpaired) electrons. The molecule has 0 spiro atoms. The van der Waals surface area contributed by atoms with Crippen LogP contribution in [0.5, 0.6) is 11.5 Å². The Hall–Kier alpha value is -4.40. The highest BCUT2D eigenvalue weighted by molar-refractivity contribution is 5.87. The summed E-state index contributed by atoms with van der Waals surface area (Å²) in [5.74, 6) is 0.0760. The molecule has 8 nitrogen and oxygen atoms in total. The Morgan fingerprint density at radius 3 is 1.60 bits per heavy atom. The van der Waals surface area contributed by atoms with Crippen molar-refractivity contribution >= 4 is 11.9 Å². The molecule has 0 fully saturated rings. The zero-order valence-electron chi connectivity index (χ0n) is 24.6. The first-order chi connectivity index (χ1) is 20.6. The smallest absolute Gasteiger partial charge is 0.333 e. The van der Waals surface area contributed by atoms with E-state index in [1.807, 2.05) is 48.5 Å². The summed E-state index contributed by atoms with van der Waals surface area (Å²) >= 11 is 0. The molecular formula is C35H38O8. The first kappa shape index (κ1) is 31.5. The number of fused-ring (bicyclic) bond motifs is 1. The minimum absolute atomic E-state index is 0.0245. The molecule has 2 N–H and O–H groups in total. The van der Waals surface area contributed by atoms with Crippen LogP contribution in [0.2, 0.25) is 0 Å². The lowest BCUT2D eigenvalue weighted by Crippen LogP contribution is -2.27. The lowest BCUT2D eigenvalue weighted by Gasteiger charge is -2.32. The van der Waals surface area contributed by atoms with Crippen molar-refractivity contribution in [3.8, 4) is 11.5 Å². The summed E-state index contributed by atoms with van der Waals surface area (Å²) in [4.78, 5) is 23.1. The molecule has 1 aliphatic rings. The fourth-order valence-electron chi connectivity index (χ4n) is 5.12. The lowest BCUT2D eigenvalue weighted by atomic mass is 9.70. The van der Waals surface area contributed by atoms with Crippen molar-refractivity contribution in [3.05, 3.63) is 119 Å². The molecule has 43 heavy (non-hydrogen) atoms. The number of carbonyl (C=O) groups is 2. The number of aliphatic hydroxyl groups excluding tert-OH is 2. The number of rotatable bonds is 14. The highest BCUT2D eigenvalue weighted by Gasteiger charge is 2.41. The summed E-state index contributed by atoms with van der Waals surface area (Å²) in [5.41, 5.74) is 4.88. The van der Waals surface area contributed by atoms with Crippen LogP contribution < -0.4 is 9.47 Å². The van der Waals surface area contributed by atoms with Gasteiger partial charge < -0.3 is 29.2 Å². The van der Waals surface area contributed by atoms with Crippen LogP contribution in [0.15, 0.2) is 97.1 Å². The summed E-state index contributed by atoms with van der Waals surface area (Å²) in [6, 6.07) is 24.1. The van der Waals surface area contributed by atoms with Crippen LogP contribution in [0.4, 0.5) is 0 Å². The van der Waals surface area contributed by atoms with Crippen molar-refractivity contribution in [2.45, 2.75) is 44.3 Å². The normalized spacial score (nSPS) is 16.8. The topological polar surface area (TPSA) is 112 Å². The molecule has 226 valence electrons. The number of esters is 2. The zero-order chi connectivity index (χ0) is 31.0. The average Bonchev–Trinajstić information content (AvgIpc) is 3.41. The van der Waals surface area contributed by atoms with Gasteiger partial charge in [-0.1, -0.05) is 61.7 Å². The van der Waals surface area contributed by atoms with E-state index in [9.17, 15) is 19.8 Å². The minimum Gasteiger partial charge on any atom is -0.491 e. The van der Waals surface area contributed by atoms with Gasteiger partial charge in [-0.25, -0.2) is 9.59 Å². The van der Waals surface area contributed by atoms with E-state index in [0.29, 0.717) is 11.5 Å². The molecule has 2 atom stereocenters. The monoisotopic (exact) mass is 586 g/mol.